The summed E-state index contributed by atoms with van der Waals surface area (Å²) in [4.78, 5) is 33.9. The van der Waals surface area contributed by atoms with Crippen molar-refractivity contribution in [2.45, 2.75) is 6.04 Å². The molecule has 8 nitrogen and oxygen atoms in total. The lowest BCUT2D eigenvalue weighted by Gasteiger charge is -2.30. The van der Waals surface area contributed by atoms with Crippen molar-refractivity contribution in [1.82, 2.24) is 15.3 Å². The largest absolute Gasteiger partial charge is 0.378 e. The molecule has 3 heterocycles. The van der Waals surface area contributed by atoms with Crippen LogP contribution in [-0.4, -0.2) is 42.3 Å². The third-order valence-corrected chi connectivity index (χ3v) is 4.18. The van der Waals surface area contributed by atoms with Crippen molar-refractivity contribution in [1.29, 1.82) is 0 Å². The Morgan fingerprint density at radius 1 is 1.12 bits per heavy atom. The molecule has 2 aliphatic rings. The van der Waals surface area contributed by atoms with Gasteiger partial charge in [-0.15, -0.1) is 0 Å². The lowest BCUT2D eigenvalue weighted by molar-refractivity contribution is 0.122. The maximum absolute atomic E-state index is 12.7. The topological polar surface area (TPSA) is 99.3 Å². The number of amides is 2. The Bertz CT molecular complexity index is 814. The quantitative estimate of drug-likeness (QED) is 0.759. The van der Waals surface area contributed by atoms with E-state index in [2.05, 4.69) is 20.6 Å². The fourth-order valence-electron chi connectivity index (χ4n) is 3.00. The number of hydrogen-bond donors (Lipinski definition) is 3. The first-order valence-corrected chi connectivity index (χ1v) is 7.82. The summed E-state index contributed by atoms with van der Waals surface area (Å²) in [5.41, 5.74) is 0.987. The maximum atomic E-state index is 12.7. The molecular weight excluding hydrogens is 310 g/mol. The van der Waals surface area contributed by atoms with Gasteiger partial charge < -0.3 is 15.0 Å². The lowest BCUT2D eigenvalue weighted by atomic mass is 9.99. The third-order valence-electron chi connectivity index (χ3n) is 4.18. The molecule has 1 unspecified atom stereocenters. The predicted octanol–water partition coefficient (Wildman–Crippen LogP) is 0.831. The van der Waals surface area contributed by atoms with Gasteiger partial charge in [-0.3, -0.25) is 15.1 Å². The van der Waals surface area contributed by atoms with Crippen LogP contribution in [0.5, 0.6) is 0 Å². The maximum Gasteiger partial charge on any atom is 0.321 e. The van der Waals surface area contributed by atoms with Crippen molar-refractivity contribution in [3.8, 4) is 0 Å². The molecule has 0 saturated carbocycles. The number of morpholine rings is 1. The van der Waals surface area contributed by atoms with E-state index in [-0.39, 0.29) is 11.6 Å². The monoisotopic (exact) mass is 327 g/mol. The van der Waals surface area contributed by atoms with Crippen LogP contribution in [0.1, 0.15) is 17.2 Å². The summed E-state index contributed by atoms with van der Waals surface area (Å²) in [7, 11) is 0. The van der Waals surface area contributed by atoms with E-state index in [9.17, 15) is 9.59 Å². The van der Waals surface area contributed by atoms with Gasteiger partial charge in [0.2, 0.25) is 5.95 Å². The number of hydrogen-bond acceptors (Lipinski definition) is 5. The van der Waals surface area contributed by atoms with Crippen LogP contribution >= 0.6 is 0 Å². The fraction of sp³-hybridized carbons (Fsp3) is 0.312. The number of aromatic amines is 1. The van der Waals surface area contributed by atoms with Gasteiger partial charge in [0, 0.05) is 13.1 Å². The number of carbonyl (C=O) groups excluding carboxylic acids is 1. The van der Waals surface area contributed by atoms with E-state index in [0.717, 1.165) is 5.56 Å². The van der Waals surface area contributed by atoms with E-state index in [0.29, 0.717) is 43.6 Å². The van der Waals surface area contributed by atoms with Crippen molar-refractivity contribution in [2.24, 2.45) is 0 Å². The van der Waals surface area contributed by atoms with Crippen molar-refractivity contribution in [3.05, 3.63) is 51.8 Å². The molecule has 24 heavy (non-hydrogen) atoms. The highest BCUT2D eigenvalue weighted by Crippen LogP contribution is 2.28. The zero-order chi connectivity index (χ0) is 16.5. The summed E-state index contributed by atoms with van der Waals surface area (Å²) in [5, 5.41) is 5.43. The minimum Gasteiger partial charge on any atom is -0.378 e. The Morgan fingerprint density at radius 3 is 2.62 bits per heavy atom. The van der Waals surface area contributed by atoms with Crippen LogP contribution in [0.3, 0.4) is 0 Å². The van der Waals surface area contributed by atoms with E-state index >= 15 is 0 Å². The molecule has 1 saturated heterocycles. The Morgan fingerprint density at radius 2 is 1.88 bits per heavy atom. The molecule has 2 amide bonds. The van der Waals surface area contributed by atoms with Crippen LogP contribution < -0.4 is 21.1 Å². The van der Waals surface area contributed by atoms with Crippen LogP contribution in [-0.2, 0) is 4.74 Å². The Balaban J connectivity index is 1.78. The van der Waals surface area contributed by atoms with Gasteiger partial charge in [0.15, 0.2) is 0 Å². The fourth-order valence-corrected chi connectivity index (χ4v) is 3.00. The normalized spacial score (nSPS) is 20.1. The molecule has 1 aromatic heterocycles. The Labute approximate surface area is 137 Å². The average Bonchev–Trinajstić information content (AvgIpc) is 2.62. The van der Waals surface area contributed by atoms with Crippen molar-refractivity contribution in [3.63, 3.8) is 0 Å². The third kappa shape index (κ3) is 2.61. The number of fused-ring (bicyclic) bond motifs is 1. The first-order valence-electron chi connectivity index (χ1n) is 7.82. The minimum atomic E-state index is -0.523. The molecule has 2 aliphatic heterocycles. The summed E-state index contributed by atoms with van der Waals surface area (Å²) in [6.07, 6.45) is 0. The number of aromatic nitrogens is 2. The van der Waals surface area contributed by atoms with E-state index in [1.807, 2.05) is 35.2 Å². The van der Waals surface area contributed by atoms with Crippen molar-refractivity contribution in [2.75, 3.05) is 36.5 Å². The number of benzene rings is 1. The van der Waals surface area contributed by atoms with Crippen LogP contribution in [0.25, 0.3) is 0 Å². The zero-order valence-corrected chi connectivity index (χ0v) is 12.9. The molecular formula is C16H17N5O3. The summed E-state index contributed by atoms with van der Waals surface area (Å²) in [6, 6.07) is 8.47. The highest BCUT2D eigenvalue weighted by molar-refractivity contribution is 5.92. The standard InChI is InChI=1S/C16H17N5O3/c22-14-11-12(10-4-2-1-3-5-10)17-16(23)19-13(11)18-15(20-14)21-6-8-24-9-7-21/h1-5,12H,6-9H2,(H3,17,18,19,20,22,23). The minimum absolute atomic E-state index is 0.261. The number of H-pyrrole nitrogens is 1. The number of nitrogens with zero attached hydrogens (tertiary/aromatic N) is 2. The van der Waals surface area contributed by atoms with Crippen LogP contribution in [0.2, 0.25) is 0 Å². The van der Waals surface area contributed by atoms with Crippen LogP contribution in [0.15, 0.2) is 35.1 Å². The summed E-state index contributed by atoms with van der Waals surface area (Å²) in [5.74, 6) is 0.758. The van der Waals surface area contributed by atoms with Gasteiger partial charge in [-0.1, -0.05) is 30.3 Å². The summed E-state index contributed by atoms with van der Waals surface area (Å²) in [6.45, 7) is 2.47. The van der Waals surface area contributed by atoms with Gasteiger partial charge in [-0.05, 0) is 5.56 Å². The molecule has 3 N–H and O–H groups in total. The van der Waals surface area contributed by atoms with E-state index in [1.54, 1.807) is 0 Å². The van der Waals surface area contributed by atoms with E-state index < -0.39 is 6.04 Å². The smallest absolute Gasteiger partial charge is 0.321 e. The molecule has 0 spiro atoms. The predicted molar refractivity (Wildman–Crippen MR) is 88.3 cm³/mol. The lowest BCUT2D eigenvalue weighted by Crippen LogP contribution is -2.44. The van der Waals surface area contributed by atoms with Gasteiger partial charge in [0.25, 0.3) is 5.56 Å². The second-order valence-electron chi connectivity index (χ2n) is 5.69. The van der Waals surface area contributed by atoms with Crippen molar-refractivity contribution < 1.29 is 9.53 Å². The molecule has 1 atom stereocenters. The number of ether oxygens (including phenoxy) is 1. The Hall–Kier alpha value is -2.87. The molecule has 124 valence electrons. The molecule has 4 rings (SSSR count). The Kier molecular flexibility index (Phi) is 3.66. The SMILES string of the molecule is O=C1Nc2nc(N3CCOCC3)[nH]c(=O)c2C(c2ccccc2)N1. The first kappa shape index (κ1) is 14.7. The number of carbonyl (C=O) groups is 1. The molecule has 1 fully saturated rings. The summed E-state index contributed by atoms with van der Waals surface area (Å²) < 4.78 is 5.31. The van der Waals surface area contributed by atoms with Crippen LogP contribution in [0, 0.1) is 0 Å². The van der Waals surface area contributed by atoms with Gasteiger partial charge >= 0.3 is 6.03 Å². The molecule has 1 aromatic carbocycles. The zero-order valence-electron chi connectivity index (χ0n) is 12.9. The highest BCUT2D eigenvalue weighted by atomic mass is 16.5. The number of urea groups is 1. The molecule has 0 bridgehead atoms. The second kappa shape index (κ2) is 5.97. The van der Waals surface area contributed by atoms with Gasteiger partial charge in [-0.25, -0.2) is 4.79 Å². The highest BCUT2D eigenvalue weighted by Gasteiger charge is 2.30. The molecule has 8 heteroatoms. The summed E-state index contributed by atoms with van der Waals surface area (Å²) >= 11 is 0. The van der Waals surface area contributed by atoms with E-state index in [1.165, 1.54) is 0 Å². The van der Waals surface area contributed by atoms with Gasteiger partial charge in [-0.2, -0.15) is 4.98 Å². The number of rotatable bonds is 2. The second-order valence-corrected chi connectivity index (χ2v) is 5.69. The average molecular weight is 327 g/mol. The number of anilines is 2. The molecule has 0 aliphatic carbocycles. The number of nitrogens with one attached hydrogen (secondary N) is 3. The molecule has 2 aromatic rings. The van der Waals surface area contributed by atoms with E-state index in [4.69, 9.17) is 4.74 Å². The van der Waals surface area contributed by atoms with Gasteiger partial charge in [0.1, 0.15) is 5.82 Å². The van der Waals surface area contributed by atoms with Crippen LogP contribution in [0.4, 0.5) is 16.6 Å². The molecule has 0 radical (unpaired) electrons. The first-order chi connectivity index (χ1) is 11.7. The van der Waals surface area contributed by atoms with Gasteiger partial charge in [0.05, 0.1) is 24.8 Å². The van der Waals surface area contributed by atoms with Crippen molar-refractivity contribution >= 4 is 17.8 Å².